The van der Waals surface area contributed by atoms with E-state index in [1.54, 1.807) is 12.1 Å². The lowest BCUT2D eigenvalue weighted by molar-refractivity contribution is -0.112. The average molecular weight is 458 g/mol. The van der Waals surface area contributed by atoms with Gasteiger partial charge in [0.25, 0.3) is 5.91 Å². The molecule has 0 atom stereocenters. The lowest BCUT2D eigenvalue weighted by Crippen LogP contribution is -2.14. The number of rotatable bonds is 4. The van der Waals surface area contributed by atoms with Gasteiger partial charge in [0.1, 0.15) is 11.6 Å². The quantitative estimate of drug-likeness (QED) is 0.383. The standard InChI is InChI=1S/C16H10Cl2IN3O/c17-11-1-6-15(14(18)7-11)22-16(23)10(8-20)9-21-13-4-2-12(19)3-5-13/h1-7,9,21H,(H,22,23)/b10-9-. The van der Waals surface area contributed by atoms with Gasteiger partial charge in [0.05, 0.1) is 10.7 Å². The first-order valence-corrected chi connectivity index (χ1v) is 8.22. The number of hydrogen-bond donors (Lipinski definition) is 2. The number of nitriles is 1. The van der Waals surface area contributed by atoms with E-state index < -0.39 is 5.91 Å². The van der Waals surface area contributed by atoms with Crippen LogP contribution < -0.4 is 10.6 Å². The normalized spacial score (nSPS) is 10.8. The van der Waals surface area contributed by atoms with Crippen LogP contribution in [0.25, 0.3) is 0 Å². The van der Waals surface area contributed by atoms with Crippen molar-refractivity contribution in [3.63, 3.8) is 0 Å². The summed E-state index contributed by atoms with van der Waals surface area (Å²) in [6.07, 6.45) is 1.35. The summed E-state index contributed by atoms with van der Waals surface area (Å²) in [7, 11) is 0. The van der Waals surface area contributed by atoms with Crippen LogP contribution in [0.2, 0.25) is 10.0 Å². The van der Waals surface area contributed by atoms with E-state index >= 15 is 0 Å². The molecule has 0 unspecified atom stereocenters. The zero-order valence-corrected chi connectivity index (χ0v) is 15.3. The number of anilines is 2. The molecular formula is C16H10Cl2IN3O. The summed E-state index contributed by atoms with van der Waals surface area (Å²) in [5.74, 6) is -0.560. The molecule has 0 radical (unpaired) electrons. The van der Waals surface area contributed by atoms with Gasteiger partial charge in [-0.3, -0.25) is 4.79 Å². The lowest BCUT2D eigenvalue weighted by Gasteiger charge is -2.07. The number of benzene rings is 2. The molecule has 1 amide bonds. The molecule has 0 spiro atoms. The van der Waals surface area contributed by atoms with Gasteiger partial charge in [-0.15, -0.1) is 0 Å². The molecule has 2 N–H and O–H groups in total. The predicted octanol–water partition coefficient (Wildman–Crippen LogP) is 5.06. The minimum Gasteiger partial charge on any atom is -0.360 e. The van der Waals surface area contributed by atoms with Crippen LogP contribution in [0.3, 0.4) is 0 Å². The van der Waals surface area contributed by atoms with Crippen LogP contribution in [0, 0.1) is 14.9 Å². The Morgan fingerprint density at radius 1 is 1.17 bits per heavy atom. The molecule has 2 rings (SSSR count). The number of carbonyl (C=O) groups excluding carboxylic acids is 1. The Labute approximate surface area is 157 Å². The highest BCUT2D eigenvalue weighted by molar-refractivity contribution is 14.1. The van der Waals surface area contributed by atoms with Gasteiger partial charge in [0.2, 0.25) is 0 Å². The van der Waals surface area contributed by atoms with E-state index in [1.807, 2.05) is 30.3 Å². The Morgan fingerprint density at radius 3 is 2.48 bits per heavy atom. The summed E-state index contributed by atoms with van der Waals surface area (Å²) >= 11 is 14.0. The van der Waals surface area contributed by atoms with Gasteiger partial charge in [0.15, 0.2) is 0 Å². The fourth-order valence-corrected chi connectivity index (χ4v) is 2.45. The molecule has 0 aliphatic heterocycles. The van der Waals surface area contributed by atoms with E-state index in [9.17, 15) is 4.79 Å². The predicted molar refractivity (Wildman–Crippen MR) is 102 cm³/mol. The summed E-state index contributed by atoms with van der Waals surface area (Å²) in [6, 6.07) is 14.1. The van der Waals surface area contributed by atoms with Crippen LogP contribution >= 0.6 is 45.8 Å². The third kappa shape index (κ3) is 5.13. The summed E-state index contributed by atoms with van der Waals surface area (Å²) in [6.45, 7) is 0. The molecule has 0 fully saturated rings. The largest absolute Gasteiger partial charge is 0.360 e. The summed E-state index contributed by atoms with van der Waals surface area (Å²) < 4.78 is 1.09. The summed E-state index contributed by atoms with van der Waals surface area (Å²) in [5, 5.41) is 15.4. The molecule has 0 saturated heterocycles. The molecule has 0 aromatic heterocycles. The average Bonchev–Trinajstić information content (AvgIpc) is 2.52. The Hall–Kier alpha value is -1.75. The second-order valence-electron chi connectivity index (χ2n) is 4.40. The number of halogens is 3. The van der Waals surface area contributed by atoms with Gasteiger partial charge < -0.3 is 10.6 Å². The highest BCUT2D eigenvalue weighted by Crippen LogP contribution is 2.25. The smallest absolute Gasteiger partial charge is 0.267 e. The molecule has 4 nitrogen and oxygen atoms in total. The van der Waals surface area contributed by atoms with Gasteiger partial charge in [-0.1, -0.05) is 23.2 Å². The number of nitrogens with zero attached hydrogens (tertiary/aromatic N) is 1. The number of carbonyl (C=O) groups is 1. The first kappa shape index (κ1) is 17.6. The first-order valence-electron chi connectivity index (χ1n) is 6.38. The maximum absolute atomic E-state index is 12.1. The van der Waals surface area contributed by atoms with Crippen LogP contribution in [0.15, 0.2) is 54.2 Å². The molecule has 7 heteroatoms. The van der Waals surface area contributed by atoms with E-state index in [0.29, 0.717) is 15.7 Å². The number of nitrogens with one attached hydrogen (secondary N) is 2. The van der Waals surface area contributed by atoms with E-state index in [2.05, 4.69) is 33.2 Å². The van der Waals surface area contributed by atoms with Gasteiger partial charge in [0, 0.05) is 20.5 Å². The highest BCUT2D eigenvalue weighted by atomic mass is 127. The third-order valence-corrected chi connectivity index (χ3v) is 4.04. The molecule has 0 saturated carbocycles. The molecule has 23 heavy (non-hydrogen) atoms. The van der Waals surface area contributed by atoms with Crippen LogP contribution in [0.5, 0.6) is 0 Å². The Bertz CT molecular complexity index is 798. The van der Waals surface area contributed by atoms with Crippen molar-refractivity contribution in [1.29, 1.82) is 5.26 Å². The Kier molecular flexibility index (Phi) is 6.28. The summed E-state index contributed by atoms with van der Waals surface area (Å²) in [4.78, 5) is 12.1. The van der Waals surface area contributed by atoms with Crippen molar-refractivity contribution in [1.82, 2.24) is 0 Å². The zero-order valence-electron chi connectivity index (χ0n) is 11.6. The van der Waals surface area contributed by atoms with Crippen molar-refractivity contribution in [3.8, 4) is 6.07 Å². The van der Waals surface area contributed by atoms with Gasteiger partial charge in [-0.25, -0.2) is 0 Å². The van der Waals surface area contributed by atoms with Crippen LogP contribution in [-0.2, 0) is 4.79 Å². The second-order valence-corrected chi connectivity index (χ2v) is 6.49. The fraction of sp³-hybridized carbons (Fsp3) is 0. The van der Waals surface area contributed by atoms with Crippen molar-refractivity contribution in [3.05, 3.63) is 67.9 Å². The highest BCUT2D eigenvalue weighted by Gasteiger charge is 2.11. The molecule has 2 aromatic rings. The van der Waals surface area contributed by atoms with Crippen molar-refractivity contribution < 1.29 is 4.79 Å². The Balaban J connectivity index is 2.10. The van der Waals surface area contributed by atoms with Crippen LogP contribution in [-0.4, -0.2) is 5.91 Å². The third-order valence-electron chi connectivity index (χ3n) is 2.77. The molecule has 0 bridgehead atoms. The number of hydrogen-bond acceptors (Lipinski definition) is 3. The van der Waals surface area contributed by atoms with Crippen molar-refractivity contribution >= 4 is 63.1 Å². The second kappa shape index (κ2) is 8.20. The SMILES string of the molecule is N#C/C(=C/Nc1ccc(I)cc1)C(=O)Nc1ccc(Cl)cc1Cl. The van der Waals surface area contributed by atoms with Gasteiger partial charge >= 0.3 is 0 Å². The molecular weight excluding hydrogens is 448 g/mol. The summed E-state index contributed by atoms with van der Waals surface area (Å²) in [5.41, 5.74) is 1.08. The lowest BCUT2D eigenvalue weighted by atomic mass is 10.2. The van der Waals surface area contributed by atoms with Crippen molar-refractivity contribution in [2.75, 3.05) is 10.6 Å². The zero-order chi connectivity index (χ0) is 16.8. The van der Waals surface area contributed by atoms with E-state index in [0.717, 1.165) is 9.26 Å². The Morgan fingerprint density at radius 2 is 1.87 bits per heavy atom. The van der Waals surface area contributed by atoms with E-state index in [1.165, 1.54) is 12.3 Å². The van der Waals surface area contributed by atoms with Crippen LogP contribution in [0.4, 0.5) is 11.4 Å². The molecule has 0 aliphatic carbocycles. The van der Waals surface area contributed by atoms with Gasteiger partial charge in [-0.2, -0.15) is 5.26 Å². The molecule has 2 aromatic carbocycles. The first-order chi connectivity index (χ1) is 11.0. The fourth-order valence-electron chi connectivity index (χ4n) is 1.63. The van der Waals surface area contributed by atoms with Crippen molar-refractivity contribution in [2.45, 2.75) is 0 Å². The maximum atomic E-state index is 12.1. The molecule has 0 aliphatic rings. The monoisotopic (exact) mass is 457 g/mol. The van der Waals surface area contributed by atoms with Crippen LogP contribution in [0.1, 0.15) is 0 Å². The topological polar surface area (TPSA) is 64.9 Å². The minimum absolute atomic E-state index is 0.0745. The molecule has 116 valence electrons. The maximum Gasteiger partial charge on any atom is 0.267 e. The molecule has 0 heterocycles. The number of amides is 1. The minimum atomic E-state index is -0.560. The van der Waals surface area contributed by atoms with Crippen molar-refractivity contribution in [2.24, 2.45) is 0 Å². The van der Waals surface area contributed by atoms with Gasteiger partial charge in [-0.05, 0) is 65.1 Å². The van der Waals surface area contributed by atoms with E-state index in [4.69, 9.17) is 28.5 Å². The van der Waals surface area contributed by atoms with E-state index in [-0.39, 0.29) is 5.57 Å².